The Bertz CT molecular complexity index is 164. The minimum atomic E-state index is 0.321. The van der Waals surface area contributed by atoms with Crippen LogP contribution in [-0.4, -0.2) is 35.9 Å². The van der Waals surface area contributed by atoms with Gasteiger partial charge in [-0.3, -0.25) is 4.79 Å². The van der Waals surface area contributed by atoms with Gasteiger partial charge in [-0.25, -0.2) is 0 Å². The van der Waals surface area contributed by atoms with Crippen molar-refractivity contribution in [1.82, 2.24) is 4.90 Å². The highest BCUT2D eigenvalue weighted by molar-refractivity contribution is 7.99. The van der Waals surface area contributed by atoms with Crippen LogP contribution in [-0.2, 0) is 4.79 Å². The highest BCUT2D eigenvalue weighted by Gasteiger charge is 2.20. The van der Waals surface area contributed by atoms with Gasteiger partial charge in [0.15, 0.2) is 0 Å². The molecule has 0 aromatic rings. The van der Waals surface area contributed by atoms with Gasteiger partial charge in [0.25, 0.3) is 0 Å². The van der Waals surface area contributed by atoms with Crippen LogP contribution >= 0.6 is 11.8 Å². The van der Waals surface area contributed by atoms with Crippen LogP contribution in [0.15, 0.2) is 0 Å². The molecule has 0 bridgehead atoms. The molecule has 0 aromatic carbocycles. The Hall–Kier alpha value is -0.180. The number of likely N-dealkylation sites (tertiary alicyclic amines) is 1. The van der Waals surface area contributed by atoms with E-state index in [2.05, 4.69) is 6.92 Å². The predicted molar refractivity (Wildman–Crippen MR) is 58.0 cm³/mol. The molecule has 0 aliphatic carbocycles. The summed E-state index contributed by atoms with van der Waals surface area (Å²) in [6.07, 6.45) is 5.66. The standard InChI is InChI=1S/C10H19NOS/c1-3-9-4-6-11(7-5-9)10(12)8-13-2/h9H,3-8H2,1-2H3. The minimum Gasteiger partial charge on any atom is -0.342 e. The molecule has 0 saturated carbocycles. The van der Waals surface area contributed by atoms with E-state index >= 15 is 0 Å². The summed E-state index contributed by atoms with van der Waals surface area (Å²) in [5, 5.41) is 0. The van der Waals surface area contributed by atoms with Crippen molar-refractivity contribution in [1.29, 1.82) is 0 Å². The minimum absolute atomic E-state index is 0.321. The highest BCUT2D eigenvalue weighted by atomic mass is 32.2. The molecule has 0 radical (unpaired) electrons. The van der Waals surface area contributed by atoms with Crippen LogP contribution in [0.5, 0.6) is 0 Å². The van der Waals surface area contributed by atoms with Gasteiger partial charge in [-0.2, -0.15) is 11.8 Å². The fraction of sp³-hybridized carbons (Fsp3) is 0.900. The Morgan fingerprint density at radius 1 is 1.46 bits per heavy atom. The Kier molecular flexibility index (Phi) is 4.64. The molecule has 13 heavy (non-hydrogen) atoms. The zero-order chi connectivity index (χ0) is 9.68. The molecular weight excluding hydrogens is 182 g/mol. The molecule has 1 fully saturated rings. The van der Waals surface area contributed by atoms with Gasteiger partial charge >= 0.3 is 0 Å². The Morgan fingerprint density at radius 3 is 2.54 bits per heavy atom. The number of hydrogen-bond acceptors (Lipinski definition) is 2. The molecule has 1 heterocycles. The Balaban J connectivity index is 2.28. The van der Waals surface area contributed by atoms with Crippen molar-refractivity contribution >= 4 is 17.7 Å². The van der Waals surface area contributed by atoms with Gasteiger partial charge in [-0.1, -0.05) is 13.3 Å². The Morgan fingerprint density at radius 2 is 2.08 bits per heavy atom. The predicted octanol–water partition coefficient (Wildman–Crippen LogP) is 2.00. The number of piperidine rings is 1. The lowest BCUT2D eigenvalue weighted by Gasteiger charge is -2.31. The number of carbonyl (C=O) groups is 1. The summed E-state index contributed by atoms with van der Waals surface area (Å²) in [6.45, 7) is 4.21. The molecule has 0 N–H and O–H groups in total. The van der Waals surface area contributed by atoms with Crippen LogP contribution in [0.3, 0.4) is 0 Å². The van der Waals surface area contributed by atoms with Crippen LogP contribution in [0.4, 0.5) is 0 Å². The third kappa shape index (κ3) is 3.22. The third-order valence-electron chi connectivity index (χ3n) is 2.81. The highest BCUT2D eigenvalue weighted by Crippen LogP contribution is 2.20. The van der Waals surface area contributed by atoms with E-state index in [4.69, 9.17) is 0 Å². The van der Waals surface area contributed by atoms with Crippen LogP contribution < -0.4 is 0 Å². The van der Waals surface area contributed by atoms with Crippen molar-refractivity contribution in [2.45, 2.75) is 26.2 Å². The van der Waals surface area contributed by atoms with E-state index < -0.39 is 0 Å². The molecule has 0 spiro atoms. The first-order valence-corrected chi connectivity index (χ1v) is 6.44. The molecule has 1 amide bonds. The third-order valence-corrected chi connectivity index (χ3v) is 3.35. The summed E-state index contributed by atoms with van der Waals surface area (Å²) in [5.74, 6) is 1.83. The molecule has 0 aromatic heterocycles. The van der Waals surface area contributed by atoms with Gasteiger partial charge in [-0.05, 0) is 25.0 Å². The first-order chi connectivity index (χ1) is 6.27. The number of rotatable bonds is 3. The average molecular weight is 201 g/mol. The lowest BCUT2D eigenvalue weighted by Crippen LogP contribution is -2.39. The van der Waals surface area contributed by atoms with Crippen molar-refractivity contribution in [3.05, 3.63) is 0 Å². The summed E-state index contributed by atoms with van der Waals surface area (Å²) >= 11 is 1.62. The summed E-state index contributed by atoms with van der Waals surface area (Å²) in [6, 6.07) is 0. The van der Waals surface area contributed by atoms with Crippen molar-refractivity contribution in [3.8, 4) is 0 Å². The lowest BCUT2D eigenvalue weighted by atomic mass is 9.94. The average Bonchev–Trinajstić information content (AvgIpc) is 2.18. The molecule has 0 unspecified atom stereocenters. The van der Waals surface area contributed by atoms with Crippen LogP contribution in [0.2, 0.25) is 0 Å². The number of thioether (sulfide) groups is 1. The zero-order valence-corrected chi connectivity index (χ0v) is 9.40. The second-order valence-corrected chi connectivity index (χ2v) is 4.53. The van der Waals surface area contributed by atoms with E-state index in [1.54, 1.807) is 11.8 Å². The number of amides is 1. The molecular formula is C10H19NOS. The van der Waals surface area contributed by atoms with Gasteiger partial charge in [0.2, 0.25) is 5.91 Å². The molecule has 1 aliphatic rings. The smallest absolute Gasteiger partial charge is 0.232 e. The van der Waals surface area contributed by atoms with Crippen LogP contribution in [0.1, 0.15) is 26.2 Å². The number of nitrogens with zero attached hydrogens (tertiary/aromatic N) is 1. The fourth-order valence-corrected chi connectivity index (χ4v) is 2.23. The maximum Gasteiger partial charge on any atom is 0.232 e. The fourth-order valence-electron chi connectivity index (χ4n) is 1.81. The maximum atomic E-state index is 11.5. The second-order valence-electron chi connectivity index (χ2n) is 3.67. The van der Waals surface area contributed by atoms with E-state index in [1.165, 1.54) is 19.3 Å². The van der Waals surface area contributed by atoms with E-state index in [9.17, 15) is 4.79 Å². The van der Waals surface area contributed by atoms with Gasteiger partial charge < -0.3 is 4.90 Å². The van der Waals surface area contributed by atoms with Gasteiger partial charge in [0.1, 0.15) is 0 Å². The quantitative estimate of drug-likeness (QED) is 0.696. The second kappa shape index (κ2) is 5.53. The van der Waals surface area contributed by atoms with Crippen LogP contribution in [0, 0.1) is 5.92 Å². The van der Waals surface area contributed by atoms with Crippen molar-refractivity contribution in [2.75, 3.05) is 25.1 Å². The summed E-state index contributed by atoms with van der Waals surface area (Å²) in [7, 11) is 0. The summed E-state index contributed by atoms with van der Waals surface area (Å²) in [4.78, 5) is 13.5. The Labute approximate surface area is 85.1 Å². The largest absolute Gasteiger partial charge is 0.342 e. The molecule has 3 heteroatoms. The summed E-state index contributed by atoms with van der Waals surface area (Å²) in [5.41, 5.74) is 0. The molecule has 1 saturated heterocycles. The molecule has 1 rings (SSSR count). The van der Waals surface area contributed by atoms with Crippen molar-refractivity contribution < 1.29 is 4.79 Å². The monoisotopic (exact) mass is 201 g/mol. The van der Waals surface area contributed by atoms with E-state index in [1.807, 2.05) is 11.2 Å². The van der Waals surface area contributed by atoms with E-state index in [0.29, 0.717) is 11.7 Å². The van der Waals surface area contributed by atoms with Crippen molar-refractivity contribution in [3.63, 3.8) is 0 Å². The normalized spacial score (nSPS) is 19.1. The molecule has 1 aliphatic heterocycles. The van der Waals surface area contributed by atoms with Gasteiger partial charge in [0.05, 0.1) is 5.75 Å². The molecule has 2 nitrogen and oxygen atoms in total. The lowest BCUT2D eigenvalue weighted by molar-refractivity contribution is -0.129. The van der Waals surface area contributed by atoms with Crippen molar-refractivity contribution in [2.24, 2.45) is 5.92 Å². The zero-order valence-electron chi connectivity index (χ0n) is 8.58. The summed E-state index contributed by atoms with van der Waals surface area (Å²) < 4.78 is 0. The SMILES string of the molecule is CCC1CCN(C(=O)CSC)CC1. The van der Waals surface area contributed by atoms with E-state index in [-0.39, 0.29) is 0 Å². The van der Waals surface area contributed by atoms with Gasteiger partial charge in [0, 0.05) is 13.1 Å². The van der Waals surface area contributed by atoms with Gasteiger partial charge in [-0.15, -0.1) is 0 Å². The topological polar surface area (TPSA) is 20.3 Å². The number of carbonyl (C=O) groups excluding carboxylic acids is 1. The van der Waals surface area contributed by atoms with E-state index in [0.717, 1.165) is 19.0 Å². The first-order valence-electron chi connectivity index (χ1n) is 5.04. The number of hydrogen-bond donors (Lipinski definition) is 0. The molecule has 0 atom stereocenters. The van der Waals surface area contributed by atoms with Crippen LogP contribution in [0.25, 0.3) is 0 Å². The molecule has 76 valence electrons. The maximum absolute atomic E-state index is 11.5. The first kappa shape index (κ1) is 10.9.